The molecule has 3 rings (SSSR count). The number of hydrogen-bond donors (Lipinski definition) is 0. The van der Waals surface area contributed by atoms with Gasteiger partial charge in [0.25, 0.3) is 0 Å². The number of hydrogen-bond acceptors (Lipinski definition) is 4. The third-order valence-corrected chi connectivity index (χ3v) is 3.98. The van der Waals surface area contributed by atoms with Crippen LogP contribution in [0.3, 0.4) is 0 Å². The first-order valence-electron chi connectivity index (χ1n) is 7.40. The van der Waals surface area contributed by atoms with E-state index in [1.54, 1.807) is 35.4 Å². The molecule has 0 spiro atoms. The fraction of sp³-hybridized carbons (Fsp3) is 0.167. The lowest BCUT2D eigenvalue weighted by molar-refractivity contribution is -0.134. The van der Waals surface area contributed by atoms with Crippen LogP contribution in [0.1, 0.15) is 11.1 Å². The summed E-state index contributed by atoms with van der Waals surface area (Å²) in [6, 6.07) is 12.7. The Morgan fingerprint density at radius 3 is 2.88 bits per heavy atom. The minimum absolute atomic E-state index is 0.101. The van der Waals surface area contributed by atoms with E-state index in [9.17, 15) is 4.79 Å². The molecule has 1 saturated heterocycles. The summed E-state index contributed by atoms with van der Waals surface area (Å²) in [5.74, 6) is 0.208. The SMILES string of the molecule is N#Cc1cccnc1OC1CN(C(=O)/C=C/c2ccccc2Cl)C1. The van der Waals surface area contributed by atoms with Crippen molar-refractivity contribution >= 4 is 23.6 Å². The van der Waals surface area contributed by atoms with E-state index < -0.39 is 0 Å². The van der Waals surface area contributed by atoms with Gasteiger partial charge >= 0.3 is 0 Å². The molecule has 5 nitrogen and oxygen atoms in total. The molecule has 2 aromatic rings. The van der Waals surface area contributed by atoms with Crippen LogP contribution in [0.2, 0.25) is 5.02 Å². The number of nitrogens with zero attached hydrogens (tertiary/aromatic N) is 3. The molecule has 0 atom stereocenters. The second-order valence-corrected chi connectivity index (χ2v) is 5.71. The summed E-state index contributed by atoms with van der Waals surface area (Å²) in [5, 5.41) is 9.61. The van der Waals surface area contributed by atoms with Gasteiger partial charge in [0.05, 0.1) is 13.1 Å². The number of likely N-dealkylation sites (tertiary alicyclic amines) is 1. The average Bonchev–Trinajstić information content (AvgIpc) is 2.57. The average molecular weight is 340 g/mol. The highest BCUT2D eigenvalue weighted by molar-refractivity contribution is 6.32. The maximum Gasteiger partial charge on any atom is 0.246 e. The zero-order chi connectivity index (χ0) is 16.9. The first-order valence-corrected chi connectivity index (χ1v) is 7.78. The monoisotopic (exact) mass is 339 g/mol. The highest BCUT2D eigenvalue weighted by Gasteiger charge is 2.31. The van der Waals surface area contributed by atoms with Gasteiger partial charge < -0.3 is 9.64 Å². The number of nitriles is 1. The molecule has 24 heavy (non-hydrogen) atoms. The van der Waals surface area contributed by atoms with E-state index in [0.717, 1.165) is 5.56 Å². The van der Waals surface area contributed by atoms with Crippen molar-refractivity contribution < 1.29 is 9.53 Å². The molecular formula is C18H14ClN3O2. The molecule has 1 aromatic carbocycles. The summed E-state index contributed by atoms with van der Waals surface area (Å²) in [6.07, 6.45) is 4.62. The van der Waals surface area contributed by atoms with Crippen molar-refractivity contribution in [3.05, 3.63) is 64.8 Å². The van der Waals surface area contributed by atoms with Crippen LogP contribution in [0.4, 0.5) is 0 Å². The summed E-state index contributed by atoms with van der Waals surface area (Å²) >= 11 is 6.05. The lowest BCUT2D eigenvalue weighted by Gasteiger charge is -2.38. The molecule has 0 unspecified atom stereocenters. The summed E-state index contributed by atoms with van der Waals surface area (Å²) in [5.41, 5.74) is 1.19. The third-order valence-electron chi connectivity index (χ3n) is 3.64. The summed E-state index contributed by atoms with van der Waals surface area (Å²) in [6.45, 7) is 0.931. The van der Waals surface area contributed by atoms with Crippen molar-refractivity contribution in [1.82, 2.24) is 9.88 Å². The molecule has 2 heterocycles. The van der Waals surface area contributed by atoms with Crippen LogP contribution in [0, 0.1) is 11.3 Å². The van der Waals surface area contributed by atoms with Crippen LogP contribution in [0.25, 0.3) is 6.08 Å². The van der Waals surface area contributed by atoms with E-state index in [1.807, 2.05) is 24.3 Å². The molecule has 1 aliphatic heterocycles. The smallest absolute Gasteiger partial charge is 0.246 e. The van der Waals surface area contributed by atoms with Gasteiger partial charge in [0, 0.05) is 17.3 Å². The molecule has 0 bridgehead atoms. The Bertz CT molecular complexity index is 823. The number of halogens is 1. The fourth-order valence-electron chi connectivity index (χ4n) is 2.30. The van der Waals surface area contributed by atoms with Crippen LogP contribution in [0.15, 0.2) is 48.7 Å². The maximum atomic E-state index is 12.1. The van der Waals surface area contributed by atoms with Gasteiger partial charge in [-0.1, -0.05) is 29.8 Å². The molecule has 0 aliphatic carbocycles. The van der Waals surface area contributed by atoms with Crippen molar-refractivity contribution in [3.8, 4) is 11.9 Å². The van der Waals surface area contributed by atoms with E-state index in [1.165, 1.54) is 6.08 Å². The van der Waals surface area contributed by atoms with Crippen LogP contribution >= 0.6 is 11.6 Å². The number of aromatic nitrogens is 1. The molecule has 1 fully saturated rings. The van der Waals surface area contributed by atoms with Crippen LogP contribution < -0.4 is 4.74 Å². The van der Waals surface area contributed by atoms with Gasteiger partial charge in [0.2, 0.25) is 11.8 Å². The standard InChI is InChI=1S/C18H14ClN3O2/c19-16-6-2-1-4-13(16)7-8-17(23)22-11-15(12-22)24-18-14(10-20)5-3-9-21-18/h1-9,15H,11-12H2/b8-7+. The molecule has 0 saturated carbocycles. The predicted molar refractivity (Wildman–Crippen MR) is 90.4 cm³/mol. The Kier molecular flexibility index (Phi) is 4.78. The van der Waals surface area contributed by atoms with Gasteiger partial charge in [0.1, 0.15) is 17.7 Å². The Labute approximate surface area is 144 Å². The lowest BCUT2D eigenvalue weighted by Crippen LogP contribution is -2.55. The highest BCUT2D eigenvalue weighted by atomic mass is 35.5. The number of ether oxygens (including phenoxy) is 1. The van der Waals surface area contributed by atoms with Crippen LogP contribution in [-0.2, 0) is 4.79 Å². The number of carbonyl (C=O) groups excluding carboxylic acids is 1. The molecule has 1 amide bonds. The fourth-order valence-corrected chi connectivity index (χ4v) is 2.50. The van der Waals surface area contributed by atoms with Gasteiger partial charge in [-0.15, -0.1) is 0 Å². The van der Waals surface area contributed by atoms with Crippen molar-refractivity contribution in [1.29, 1.82) is 5.26 Å². The zero-order valence-electron chi connectivity index (χ0n) is 12.7. The highest BCUT2D eigenvalue weighted by Crippen LogP contribution is 2.20. The van der Waals surface area contributed by atoms with Crippen molar-refractivity contribution in [3.63, 3.8) is 0 Å². The minimum atomic E-state index is -0.148. The first kappa shape index (κ1) is 16.0. The van der Waals surface area contributed by atoms with E-state index in [4.69, 9.17) is 21.6 Å². The van der Waals surface area contributed by atoms with E-state index in [2.05, 4.69) is 4.98 Å². The molecule has 1 aliphatic rings. The van der Waals surface area contributed by atoms with Crippen LogP contribution in [0.5, 0.6) is 5.88 Å². The van der Waals surface area contributed by atoms with Crippen molar-refractivity contribution in [2.75, 3.05) is 13.1 Å². The zero-order valence-corrected chi connectivity index (χ0v) is 13.5. The number of amides is 1. The van der Waals surface area contributed by atoms with E-state index in [-0.39, 0.29) is 12.0 Å². The van der Waals surface area contributed by atoms with Crippen molar-refractivity contribution in [2.45, 2.75) is 6.10 Å². The van der Waals surface area contributed by atoms with Crippen LogP contribution in [-0.4, -0.2) is 35.0 Å². The predicted octanol–water partition coefficient (Wildman–Crippen LogP) is 2.91. The largest absolute Gasteiger partial charge is 0.470 e. The van der Waals surface area contributed by atoms with Gasteiger partial charge in [-0.3, -0.25) is 4.79 Å². The van der Waals surface area contributed by atoms with E-state index in [0.29, 0.717) is 29.6 Å². The normalized spacial score (nSPS) is 14.2. The summed E-state index contributed by atoms with van der Waals surface area (Å²) in [7, 11) is 0. The Balaban J connectivity index is 1.54. The van der Waals surface area contributed by atoms with Gasteiger partial charge in [0.15, 0.2) is 0 Å². The number of carbonyl (C=O) groups is 1. The van der Waals surface area contributed by atoms with Crippen molar-refractivity contribution in [2.24, 2.45) is 0 Å². The minimum Gasteiger partial charge on any atom is -0.470 e. The Morgan fingerprint density at radius 2 is 2.12 bits per heavy atom. The van der Waals surface area contributed by atoms with Gasteiger partial charge in [-0.25, -0.2) is 4.98 Å². The first-order chi connectivity index (χ1) is 11.7. The molecule has 1 aromatic heterocycles. The third kappa shape index (κ3) is 3.55. The summed E-state index contributed by atoms with van der Waals surface area (Å²) in [4.78, 5) is 17.8. The number of pyridine rings is 1. The van der Waals surface area contributed by atoms with Gasteiger partial charge in [-0.2, -0.15) is 5.26 Å². The molecule has 6 heteroatoms. The molecule has 0 N–H and O–H groups in total. The molecule has 0 radical (unpaired) electrons. The van der Waals surface area contributed by atoms with Gasteiger partial charge in [-0.05, 0) is 29.8 Å². The second kappa shape index (κ2) is 7.16. The molecular weight excluding hydrogens is 326 g/mol. The summed E-state index contributed by atoms with van der Waals surface area (Å²) < 4.78 is 5.66. The number of rotatable bonds is 4. The Hall–Kier alpha value is -2.84. The topological polar surface area (TPSA) is 66.2 Å². The Morgan fingerprint density at radius 1 is 1.33 bits per heavy atom. The quantitative estimate of drug-likeness (QED) is 0.803. The number of benzene rings is 1. The van der Waals surface area contributed by atoms with E-state index >= 15 is 0 Å². The maximum absolute atomic E-state index is 12.1. The lowest BCUT2D eigenvalue weighted by atomic mass is 10.1. The molecule has 120 valence electrons. The second-order valence-electron chi connectivity index (χ2n) is 5.31.